The molecule has 290 valence electrons. The van der Waals surface area contributed by atoms with Gasteiger partial charge in [-0.05, 0) is 55.1 Å². The predicted octanol–water partition coefficient (Wildman–Crippen LogP) is 6.64. The van der Waals surface area contributed by atoms with Crippen LogP contribution in [0.4, 0.5) is 37.7 Å². The molecule has 4 aromatic rings. The second-order valence-electron chi connectivity index (χ2n) is 12.4. The van der Waals surface area contributed by atoms with Gasteiger partial charge in [0.25, 0.3) is 6.43 Å². The van der Waals surface area contributed by atoms with Crippen LogP contribution in [0.1, 0.15) is 11.3 Å². The summed E-state index contributed by atoms with van der Waals surface area (Å²) in [6.45, 7) is -0.780. The van der Waals surface area contributed by atoms with Gasteiger partial charge in [0, 0.05) is 45.0 Å². The lowest BCUT2D eigenvalue weighted by atomic mass is 10.1. The van der Waals surface area contributed by atoms with Crippen LogP contribution in [0.3, 0.4) is 0 Å². The van der Waals surface area contributed by atoms with Gasteiger partial charge in [0.05, 0.1) is 37.7 Å². The van der Waals surface area contributed by atoms with E-state index >= 15 is 0 Å². The molecule has 0 bridgehead atoms. The lowest BCUT2D eigenvalue weighted by Crippen LogP contribution is -2.57. The molecular weight excluding hydrogens is 746 g/mol. The number of anilines is 2. The van der Waals surface area contributed by atoms with E-state index < -0.39 is 49.4 Å². The van der Waals surface area contributed by atoms with Gasteiger partial charge in [-0.2, -0.15) is 18.3 Å². The number of aromatic nitrogens is 2. The van der Waals surface area contributed by atoms with Gasteiger partial charge in [-0.15, -0.1) is 0 Å². The molecule has 2 heterocycles. The lowest BCUT2D eigenvalue weighted by molar-refractivity contribution is -0.186. The van der Waals surface area contributed by atoms with Crippen molar-refractivity contribution in [2.24, 2.45) is 0 Å². The molecule has 3 aromatic carbocycles. The highest BCUT2D eigenvalue weighted by atomic mass is 35.5. The molecule has 1 aromatic heterocycles. The number of hydrogen-bond donors (Lipinski definition) is 1. The van der Waals surface area contributed by atoms with Gasteiger partial charge in [-0.3, -0.25) is 19.2 Å². The Balaban J connectivity index is 1.45. The monoisotopic (exact) mass is 782 g/mol. The topological polar surface area (TPSA) is 101 Å². The molecule has 0 spiro atoms. The maximum Gasteiger partial charge on any atom is 0.471 e. The van der Waals surface area contributed by atoms with Gasteiger partial charge in [0.2, 0.25) is 5.91 Å². The summed E-state index contributed by atoms with van der Waals surface area (Å²) < 4.78 is 99.5. The Kier molecular flexibility index (Phi) is 12.8. The average molecular weight is 783 g/mol. The van der Waals surface area contributed by atoms with Crippen molar-refractivity contribution in [1.82, 2.24) is 19.6 Å². The molecule has 1 atom stereocenters. The SMILES string of the molecule is COc1ccc(CN(C[C@H]2CN(c3c(NC(=O)Cc4ccn(CC(F)F)n4)ccc(Oc4ccccc4F)c3Cl)CCN2C)C(=O)C(F)(F)F)cc1OC. The Morgan fingerprint density at radius 1 is 1.00 bits per heavy atom. The van der Waals surface area contributed by atoms with Crippen molar-refractivity contribution >= 4 is 34.8 Å². The van der Waals surface area contributed by atoms with Crippen molar-refractivity contribution in [2.45, 2.75) is 38.2 Å². The highest BCUT2D eigenvalue weighted by Gasteiger charge is 2.44. The van der Waals surface area contributed by atoms with Crippen molar-refractivity contribution in [1.29, 1.82) is 0 Å². The van der Waals surface area contributed by atoms with Crippen molar-refractivity contribution in [2.75, 3.05) is 57.7 Å². The van der Waals surface area contributed by atoms with Crippen molar-refractivity contribution in [3.05, 3.63) is 89.0 Å². The summed E-state index contributed by atoms with van der Waals surface area (Å²) >= 11 is 6.93. The molecule has 0 unspecified atom stereocenters. The Hall–Kier alpha value is -5.16. The number of piperazine rings is 1. The summed E-state index contributed by atoms with van der Waals surface area (Å²) in [5.74, 6) is -2.74. The molecule has 11 nitrogen and oxygen atoms in total. The summed E-state index contributed by atoms with van der Waals surface area (Å²) in [6.07, 6.45) is -6.76. The first-order valence-electron chi connectivity index (χ1n) is 16.5. The van der Waals surface area contributed by atoms with Crippen LogP contribution in [0.2, 0.25) is 5.02 Å². The van der Waals surface area contributed by atoms with Crippen LogP contribution in [0.15, 0.2) is 66.9 Å². The number of alkyl halides is 5. The number of carbonyl (C=O) groups is 2. The van der Waals surface area contributed by atoms with Crippen molar-refractivity contribution in [3.63, 3.8) is 0 Å². The number of ether oxygens (including phenoxy) is 3. The number of hydrogen-bond acceptors (Lipinski definition) is 8. The summed E-state index contributed by atoms with van der Waals surface area (Å²) in [6, 6.07) is 13.8. The van der Waals surface area contributed by atoms with Crippen molar-refractivity contribution in [3.8, 4) is 23.0 Å². The fourth-order valence-corrected chi connectivity index (χ4v) is 6.30. The van der Waals surface area contributed by atoms with Gasteiger partial charge in [0.1, 0.15) is 17.3 Å². The largest absolute Gasteiger partial charge is 0.493 e. The quantitative estimate of drug-likeness (QED) is 0.142. The molecule has 2 amide bonds. The van der Waals surface area contributed by atoms with Gasteiger partial charge in [0.15, 0.2) is 23.1 Å². The molecule has 0 aliphatic carbocycles. The zero-order chi connectivity index (χ0) is 39.2. The molecule has 18 heteroatoms. The number of para-hydroxylation sites is 1. The number of methoxy groups -OCH3 is 2. The number of nitrogens with one attached hydrogen (secondary N) is 1. The number of likely N-dealkylation sites (N-methyl/N-ethyl adjacent to an activating group) is 1. The van der Waals surface area contributed by atoms with E-state index in [4.69, 9.17) is 25.8 Å². The highest BCUT2D eigenvalue weighted by Crippen LogP contribution is 2.43. The Morgan fingerprint density at radius 2 is 1.72 bits per heavy atom. The molecule has 1 N–H and O–H groups in total. The van der Waals surface area contributed by atoms with Crippen LogP contribution < -0.4 is 24.4 Å². The van der Waals surface area contributed by atoms with Gasteiger partial charge < -0.3 is 29.3 Å². The van der Waals surface area contributed by atoms with Crippen LogP contribution in [-0.4, -0.2) is 97.5 Å². The first-order chi connectivity index (χ1) is 25.7. The van der Waals surface area contributed by atoms with Gasteiger partial charge in [-0.1, -0.05) is 29.8 Å². The Bertz CT molecular complexity index is 1950. The summed E-state index contributed by atoms with van der Waals surface area (Å²) in [5, 5.41) is 6.74. The van der Waals surface area contributed by atoms with E-state index in [2.05, 4.69) is 10.4 Å². The molecule has 0 radical (unpaired) electrons. The minimum absolute atomic E-state index is 0.0262. The number of amides is 2. The maximum atomic E-state index is 14.6. The molecular formula is C36H37ClF6N6O5. The minimum Gasteiger partial charge on any atom is -0.493 e. The van der Waals surface area contributed by atoms with Gasteiger partial charge in [-0.25, -0.2) is 13.2 Å². The second kappa shape index (κ2) is 17.3. The Morgan fingerprint density at radius 3 is 2.41 bits per heavy atom. The Labute approximate surface area is 311 Å². The van der Waals surface area contributed by atoms with Crippen LogP contribution >= 0.6 is 11.6 Å². The third kappa shape index (κ3) is 9.87. The molecule has 0 saturated carbocycles. The molecule has 1 aliphatic rings. The molecule has 54 heavy (non-hydrogen) atoms. The van der Waals surface area contributed by atoms with E-state index in [9.17, 15) is 35.9 Å². The number of halogens is 7. The highest BCUT2D eigenvalue weighted by molar-refractivity contribution is 6.35. The summed E-state index contributed by atoms with van der Waals surface area (Å²) in [4.78, 5) is 30.3. The summed E-state index contributed by atoms with van der Waals surface area (Å²) in [5.41, 5.74) is 1.01. The normalized spacial score (nSPS) is 14.9. The van der Waals surface area contributed by atoms with Crippen molar-refractivity contribution < 1.29 is 50.1 Å². The fourth-order valence-electron chi connectivity index (χ4n) is 5.98. The number of benzene rings is 3. The zero-order valence-corrected chi connectivity index (χ0v) is 30.1. The molecule has 1 saturated heterocycles. The maximum absolute atomic E-state index is 14.6. The first-order valence-corrected chi connectivity index (χ1v) is 16.9. The van der Waals surface area contributed by atoms with E-state index in [-0.39, 0.29) is 65.4 Å². The molecule has 5 rings (SSSR count). The van der Waals surface area contributed by atoms with E-state index in [0.29, 0.717) is 22.8 Å². The second-order valence-corrected chi connectivity index (χ2v) is 12.8. The van der Waals surface area contributed by atoms with Crippen LogP contribution in [0.5, 0.6) is 23.0 Å². The van der Waals surface area contributed by atoms with E-state index in [1.54, 1.807) is 18.0 Å². The fraction of sp³-hybridized carbons (Fsp3) is 0.361. The van der Waals surface area contributed by atoms with Crippen LogP contribution in [0, 0.1) is 5.82 Å². The van der Waals surface area contributed by atoms with E-state index in [1.807, 2.05) is 4.90 Å². The lowest BCUT2D eigenvalue weighted by Gasteiger charge is -2.43. The first kappa shape index (κ1) is 40.0. The van der Waals surface area contributed by atoms with Crippen LogP contribution in [-0.2, 0) is 29.1 Å². The minimum atomic E-state index is -5.17. The summed E-state index contributed by atoms with van der Waals surface area (Å²) in [7, 11) is 4.51. The molecule has 1 aliphatic heterocycles. The zero-order valence-electron chi connectivity index (χ0n) is 29.4. The van der Waals surface area contributed by atoms with E-state index in [0.717, 1.165) is 4.68 Å². The van der Waals surface area contributed by atoms with E-state index in [1.165, 1.54) is 75.0 Å². The third-order valence-electron chi connectivity index (χ3n) is 8.65. The third-order valence-corrected chi connectivity index (χ3v) is 9.01. The smallest absolute Gasteiger partial charge is 0.471 e. The number of carbonyl (C=O) groups excluding carboxylic acids is 2. The number of nitrogens with zero attached hydrogens (tertiary/aromatic N) is 5. The number of rotatable bonds is 14. The predicted molar refractivity (Wildman–Crippen MR) is 188 cm³/mol. The average Bonchev–Trinajstić information content (AvgIpc) is 3.55. The van der Waals surface area contributed by atoms with Gasteiger partial charge >= 0.3 is 12.1 Å². The molecule has 1 fully saturated rings. The van der Waals surface area contributed by atoms with Crippen LogP contribution in [0.25, 0.3) is 0 Å². The standard InChI is InChI=1S/C36H37ClF6N6O5/c1-46-14-15-47(19-24(46)20-48(35(51)36(41,42)43)18-22-8-10-28(52-2)30(16-22)53-3)34-26(44-32(50)17-23-12-13-49(45-23)21-31(39)40)9-11-29(33(34)37)54-27-7-5-4-6-25(27)38/h4-13,16,24,31H,14-15,17-21H2,1-3H3,(H,44,50)/t24-/m1/s1.